The van der Waals surface area contributed by atoms with Crippen LogP contribution in [0.4, 0.5) is 5.69 Å². The van der Waals surface area contributed by atoms with Gasteiger partial charge < -0.3 is 15.1 Å². The third-order valence-electron chi connectivity index (χ3n) is 5.70. The van der Waals surface area contributed by atoms with Gasteiger partial charge in [-0.15, -0.1) is 0 Å². The zero-order chi connectivity index (χ0) is 24.0. The summed E-state index contributed by atoms with van der Waals surface area (Å²) in [5, 5.41) is 35.7. The lowest BCUT2D eigenvalue weighted by molar-refractivity contribution is -0.385. The summed E-state index contributed by atoms with van der Waals surface area (Å²) < 4.78 is 1.35. The molecule has 3 heterocycles. The molecule has 2 aromatic carbocycles. The Morgan fingerprint density at radius 3 is 2.41 bits per heavy atom. The van der Waals surface area contributed by atoms with Crippen molar-refractivity contribution in [3.05, 3.63) is 81.7 Å². The number of nitro groups is 1. The number of nitrogens with zero attached hydrogens (tertiary/aromatic N) is 5. The molecule has 2 aromatic heterocycles. The molecule has 1 amide bonds. The summed E-state index contributed by atoms with van der Waals surface area (Å²) in [5.41, 5.74) is 0.990. The molecule has 0 unspecified atom stereocenters. The van der Waals surface area contributed by atoms with Crippen LogP contribution >= 0.6 is 0 Å². The normalized spacial score (nSPS) is 13.0. The maximum atomic E-state index is 12.9. The lowest BCUT2D eigenvalue weighted by Crippen LogP contribution is -2.41. The quantitative estimate of drug-likeness (QED) is 0.263. The first kappa shape index (κ1) is 21.1. The fraction of sp³-hybridized carbons (Fsp3) is 0.130. The number of benzene rings is 2. The molecule has 170 valence electrons. The third kappa shape index (κ3) is 3.48. The number of nitro benzene ring substituents is 1. The number of likely N-dealkylation sites (tertiary alicyclic amines) is 1. The molecule has 1 saturated heterocycles. The van der Waals surface area contributed by atoms with Crippen LogP contribution in [-0.4, -0.2) is 59.4 Å². The van der Waals surface area contributed by atoms with E-state index < -0.39 is 33.5 Å². The number of amides is 1. The number of carbonyl (C=O) groups is 2. The Labute approximate surface area is 191 Å². The Balaban J connectivity index is 1.46. The first-order valence-corrected chi connectivity index (χ1v) is 10.3. The van der Waals surface area contributed by atoms with Crippen LogP contribution in [0.5, 0.6) is 11.5 Å². The van der Waals surface area contributed by atoms with Crippen molar-refractivity contribution in [3.63, 3.8) is 0 Å². The molecule has 1 aliphatic heterocycles. The van der Waals surface area contributed by atoms with Crippen molar-refractivity contribution in [2.45, 2.75) is 6.42 Å². The van der Waals surface area contributed by atoms with Crippen molar-refractivity contribution in [2.24, 2.45) is 0 Å². The average Bonchev–Trinajstić information content (AvgIpc) is 3.21. The standard InChI is InChI=1S/C23H17N5O6/c29-18-7-6-17(28(33)34)22(31)20(18)21(30)15-11-24-19-10-16(25-27(19)12-15)13-2-4-14(5-3-13)23(32)26-8-1-9-26/h2-7,10-12,29,31H,1,8-9H2. The van der Waals surface area contributed by atoms with E-state index in [1.54, 1.807) is 35.2 Å². The fourth-order valence-corrected chi connectivity index (χ4v) is 3.71. The smallest absolute Gasteiger partial charge is 0.311 e. The van der Waals surface area contributed by atoms with Crippen molar-refractivity contribution in [2.75, 3.05) is 13.1 Å². The monoisotopic (exact) mass is 459 g/mol. The number of carbonyl (C=O) groups excluding carboxylic acids is 2. The van der Waals surface area contributed by atoms with Crippen molar-refractivity contribution >= 4 is 23.0 Å². The van der Waals surface area contributed by atoms with Gasteiger partial charge in [-0.3, -0.25) is 19.7 Å². The van der Waals surface area contributed by atoms with Gasteiger partial charge in [0.05, 0.1) is 16.2 Å². The second-order valence-corrected chi connectivity index (χ2v) is 7.81. The van der Waals surface area contributed by atoms with Gasteiger partial charge in [0.2, 0.25) is 11.5 Å². The topological polar surface area (TPSA) is 151 Å². The number of hydrogen-bond donors (Lipinski definition) is 2. The van der Waals surface area contributed by atoms with Crippen LogP contribution in [0.25, 0.3) is 16.9 Å². The van der Waals surface area contributed by atoms with Crippen molar-refractivity contribution in [1.29, 1.82) is 0 Å². The van der Waals surface area contributed by atoms with Gasteiger partial charge in [0, 0.05) is 48.7 Å². The van der Waals surface area contributed by atoms with Gasteiger partial charge in [0.1, 0.15) is 11.3 Å². The van der Waals surface area contributed by atoms with Crippen LogP contribution in [0, 0.1) is 10.1 Å². The fourth-order valence-electron chi connectivity index (χ4n) is 3.71. The summed E-state index contributed by atoms with van der Waals surface area (Å²) in [6, 6.07) is 10.6. The Hall–Kier alpha value is -4.80. The van der Waals surface area contributed by atoms with E-state index in [0.29, 0.717) is 16.9 Å². The lowest BCUT2D eigenvalue weighted by Gasteiger charge is -2.30. The summed E-state index contributed by atoms with van der Waals surface area (Å²) >= 11 is 0. The predicted molar refractivity (Wildman–Crippen MR) is 119 cm³/mol. The molecule has 0 radical (unpaired) electrons. The number of phenolic OH excluding ortho intramolecular Hbond substituents is 2. The molecule has 5 rings (SSSR count). The summed E-state index contributed by atoms with van der Waals surface area (Å²) in [5.74, 6) is -2.38. The minimum atomic E-state index is -0.927. The van der Waals surface area contributed by atoms with Crippen LogP contribution in [0.15, 0.2) is 54.9 Å². The second kappa shape index (κ2) is 7.96. The highest BCUT2D eigenvalue weighted by Crippen LogP contribution is 2.37. The predicted octanol–water partition coefficient (Wildman–Crippen LogP) is 2.79. The van der Waals surface area contributed by atoms with Crippen LogP contribution in [-0.2, 0) is 0 Å². The Bertz CT molecular complexity index is 1470. The van der Waals surface area contributed by atoms with Crippen molar-refractivity contribution in [1.82, 2.24) is 19.5 Å². The van der Waals surface area contributed by atoms with E-state index in [4.69, 9.17) is 0 Å². The lowest BCUT2D eigenvalue weighted by atomic mass is 10.0. The molecule has 11 heteroatoms. The molecule has 34 heavy (non-hydrogen) atoms. The summed E-state index contributed by atoms with van der Waals surface area (Å²) in [7, 11) is 0. The zero-order valence-corrected chi connectivity index (χ0v) is 17.6. The van der Waals surface area contributed by atoms with Crippen LogP contribution in [0.2, 0.25) is 0 Å². The molecule has 0 aliphatic carbocycles. The Kier molecular flexibility index (Phi) is 4.93. The van der Waals surface area contributed by atoms with Crippen LogP contribution in [0.3, 0.4) is 0 Å². The minimum absolute atomic E-state index is 0.00900. The molecule has 1 aliphatic rings. The second-order valence-electron chi connectivity index (χ2n) is 7.81. The van der Waals surface area contributed by atoms with E-state index in [1.165, 1.54) is 16.9 Å². The van der Waals surface area contributed by atoms with E-state index >= 15 is 0 Å². The van der Waals surface area contributed by atoms with E-state index in [2.05, 4.69) is 10.1 Å². The highest BCUT2D eigenvalue weighted by molar-refractivity contribution is 6.12. The Morgan fingerprint density at radius 2 is 1.76 bits per heavy atom. The molecule has 0 bridgehead atoms. The van der Waals surface area contributed by atoms with Crippen molar-refractivity contribution in [3.8, 4) is 22.8 Å². The molecule has 0 spiro atoms. The van der Waals surface area contributed by atoms with Gasteiger partial charge in [-0.1, -0.05) is 12.1 Å². The molecular weight excluding hydrogens is 442 g/mol. The van der Waals surface area contributed by atoms with E-state index in [1.807, 2.05) is 0 Å². The summed E-state index contributed by atoms with van der Waals surface area (Å²) in [4.78, 5) is 41.4. The number of fused-ring (bicyclic) bond motifs is 1. The van der Waals surface area contributed by atoms with E-state index in [-0.39, 0.29) is 11.5 Å². The molecule has 11 nitrogen and oxygen atoms in total. The number of aromatic hydroxyl groups is 2. The number of aromatic nitrogens is 3. The van der Waals surface area contributed by atoms with Crippen LogP contribution < -0.4 is 0 Å². The minimum Gasteiger partial charge on any atom is -0.507 e. The van der Waals surface area contributed by atoms with Gasteiger partial charge in [-0.2, -0.15) is 5.10 Å². The van der Waals surface area contributed by atoms with Gasteiger partial charge in [-0.25, -0.2) is 9.50 Å². The molecular formula is C23H17N5O6. The highest BCUT2D eigenvalue weighted by atomic mass is 16.6. The average molecular weight is 459 g/mol. The van der Waals surface area contributed by atoms with Gasteiger partial charge in [0.15, 0.2) is 5.65 Å². The van der Waals surface area contributed by atoms with Crippen LogP contribution in [0.1, 0.15) is 32.7 Å². The molecule has 1 fully saturated rings. The third-order valence-corrected chi connectivity index (χ3v) is 5.70. The largest absolute Gasteiger partial charge is 0.507 e. The van der Waals surface area contributed by atoms with Crippen molar-refractivity contribution < 1.29 is 24.7 Å². The molecule has 4 aromatic rings. The summed E-state index contributed by atoms with van der Waals surface area (Å²) in [6.07, 6.45) is 3.60. The van der Waals surface area contributed by atoms with Gasteiger partial charge in [0.25, 0.3) is 5.91 Å². The van der Waals surface area contributed by atoms with Gasteiger partial charge in [-0.05, 0) is 24.6 Å². The maximum absolute atomic E-state index is 12.9. The Morgan fingerprint density at radius 1 is 1.03 bits per heavy atom. The highest BCUT2D eigenvalue weighted by Gasteiger charge is 2.27. The number of ketones is 1. The SMILES string of the molecule is O=C(c1cnc2cc(-c3ccc(C(=O)N4CCC4)cc3)nn2c1)c1c(O)ccc([N+](=O)[O-])c1O. The first-order chi connectivity index (χ1) is 16.3. The van der Waals surface area contributed by atoms with Gasteiger partial charge >= 0.3 is 5.69 Å². The number of hydrogen-bond acceptors (Lipinski definition) is 8. The maximum Gasteiger partial charge on any atom is 0.311 e. The van der Waals surface area contributed by atoms with E-state index in [0.717, 1.165) is 37.2 Å². The molecule has 0 saturated carbocycles. The first-order valence-electron chi connectivity index (χ1n) is 10.3. The number of phenols is 2. The molecule has 2 N–H and O–H groups in total. The molecule has 0 atom stereocenters. The van der Waals surface area contributed by atoms with E-state index in [9.17, 15) is 29.9 Å². The zero-order valence-electron chi connectivity index (χ0n) is 17.6. The number of rotatable bonds is 5. The summed E-state index contributed by atoms with van der Waals surface area (Å²) in [6.45, 7) is 1.54.